The van der Waals surface area contributed by atoms with Gasteiger partial charge >= 0.3 is 0 Å². The van der Waals surface area contributed by atoms with Crippen LogP contribution in [0.3, 0.4) is 0 Å². The second-order valence-corrected chi connectivity index (χ2v) is 4.63. The second-order valence-electron chi connectivity index (χ2n) is 4.63. The molecule has 0 saturated carbocycles. The van der Waals surface area contributed by atoms with Crippen LogP contribution in [0.5, 0.6) is 0 Å². The summed E-state index contributed by atoms with van der Waals surface area (Å²) >= 11 is 0. The molecule has 2 aromatic carbocycles. The average molecular weight is 291 g/mol. The molecule has 0 atom stereocenters. The highest BCUT2D eigenvalue weighted by Crippen LogP contribution is 2.18. The molecule has 110 valence electrons. The SMILES string of the molecule is Cc1ccc(NCc2ccc(C(N)=NO)cc2F)c(F)c1. The zero-order chi connectivity index (χ0) is 15.4. The van der Waals surface area contributed by atoms with Crippen LogP contribution in [-0.4, -0.2) is 11.0 Å². The molecule has 21 heavy (non-hydrogen) atoms. The quantitative estimate of drug-likeness (QED) is 0.351. The Labute approximate surface area is 120 Å². The standard InChI is InChI=1S/C15H15F2N3O/c1-9-2-5-14(13(17)6-9)19-8-11-4-3-10(7-12(11)16)15(18)20-21/h2-7,19,21H,8H2,1H3,(H2,18,20). The molecule has 6 heteroatoms. The van der Waals surface area contributed by atoms with Crippen molar-refractivity contribution in [2.24, 2.45) is 10.9 Å². The Balaban J connectivity index is 2.13. The Hall–Kier alpha value is -2.63. The van der Waals surface area contributed by atoms with Crippen molar-refractivity contribution in [1.29, 1.82) is 0 Å². The van der Waals surface area contributed by atoms with Crippen molar-refractivity contribution < 1.29 is 14.0 Å². The number of rotatable bonds is 4. The van der Waals surface area contributed by atoms with Gasteiger partial charge in [-0.2, -0.15) is 0 Å². The molecule has 2 aromatic rings. The van der Waals surface area contributed by atoms with Gasteiger partial charge in [0.15, 0.2) is 5.84 Å². The van der Waals surface area contributed by atoms with Crippen molar-refractivity contribution in [3.8, 4) is 0 Å². The first-order chi connectivity index (χ1) is 10.0. The molecule has 0 aliphatic rings. The van der Waals surface area contributed by atoms with Crippen LogP contribution in [0.4, 0.5) is 14.5 Å². The molecule has 0 bridgehead atoms. The normalized spacial score (nSPS) is 11.5. The van der Waals surface area contributed by atoms with Crippen LogP contribution in [0.25, 0.3) is 0 Å². The summed E-state index contributed by atoms with van der Waals surface area (Å²) in [4.78, 5) is 0. The monoisotopic (exact) mass is 291 g/mol. The van der Waals surface area contributed by atoms with E-state index in [1.54, 1.807) is 19.1 Å². The smallest absolute Gasteiger partial charge is 0.170 e. The number of benzene rings is 2. The van der Waals surface area contributed by atoms with Crippen LogP contribution in [0.1, 0.15) is 16.7 Å². The summed E-state index contributed by atoms with van der Waals surface area (Å²) in [5.41, 5.74) is 7.13. The minimum atomic E-state index is -0.515. The van der Waals surface area contributed by atoms with E-state index in [1.165, 1.54) is 18.2 Å². The van der Waals surface area contributed by atoms with E-state index in [4.69, 9.17) is 10.9 Å². The lowest BCUT2D eigenvalue weighted by molar-refractivity contribution is 0.318. The van der Waals surface area contributed by atoms with E-state index in [1.807, 2.05) is 0 Å². The van der Waals surface area contributed by atoms with Gasteiger partial charge in [-0.1, -0.05) is 23.4 Å². The number of anilines is 1. The van der Waals surface area contributed by atoms with Gasteiger partial charge in [-0.15, -0.1) is 0 Å². The predicted molar refractivity (Wildman–Crippen MR) is 77.4 cm³/mol. The highest BCUT2D eigenvalue weighted by molar-refractivity contribution is 5.97. The van der Waals surface area contributed by atoms with E-state index in [0.717, 1.165) is 11.6 Å². The van der Waals surface area contributed by atoms with Gasteiger partial charge in [-0.3, -0.25) is 0 Å². The molecule has 0 saturated heterocycles. The first-order valence-electron chi connectivity index (χ1n) is 6.27. The summed E-state index contributed by atoms with van der Waals surface area (Å²) in [6.07, 6.45) is 0. The van der Waals surface area contributed by atoms with E-state index in [-0.39, 0.29) is 23.8 Å². The minimum absolute atomic E-state index is 0.127. The number of halogens is 2. The lowest BCUT2D eigenvalue weighted by Crippen LogP contribution is -2.14. The molecule has 0 aliphatic heterocycles. The molecule has 2 rings (SSSR count). The third-order valence-corrected chi connectivity index (χ3v) is 3.05. The lowest BCUT2D eigenvalue weighted by Gasteiger charge is -2.10. The van der Waals surface area contributed by atoms with E-state index in [2.05, 4.69) is 10.5 Å². The molecule has 4 N–H and O–H groups in total. The van der Waals surface area contributed by atoms with E-state index in [0.29, 0.717) is 11.3 Å². The molecule has 0 spiro atoms. The number of amidine groups is 1. The number of oxime groups is 1. The Morgan fingerprint density at radius 2 is 1.95 bits per heavy atom. The molecular formula is C15H15F2N3O. The average Bonchev–Trinajstić information content (AvgIpc) is 2.46. The topological polar surface area (TPSA) is 70.6 Å². The maximum absolute atomic E-state index is 13.9. The van der Waals surface area contributed by atoms with Crippen LogP contribution < -0.4 is 11.1 Å². The molecule has 0 amide bonds. The molecule has 0 fully saturated rings. The Morgan fingerprint density at radius 3 is 2.57 bits per heavy atom. The lowest BCUT2D eigenvalue weighted by atomic mass is 10.1. The first kappa shape index (κ1) is 14.8. The largest absolute Gasteiger partial charge is 0.409 e. The van der Waals surface area contributed by atoms with Gasteiger partial charge in [0.25, 0.3) is 0 Å². The van der Waals surface area contributed by atoms with E-state index in [9.17, 15) is 8.78 Å². The first-order valence-corrected chi connectivity index (χ1v) is 6.27. The Bertz CT molecular complexity index is 687. The molecule has 0 aliphatic carbocycles. The maximum atomic E-state index is 13.9. The van der Waals surface area contributed by atoms with Crippen molar-refractivity contribution in [3.05, 3.63) is 64.7 Å². The zero-order valence-electron chi connectivity index (χ0n) is 11.4. The van der Waals surface area contributed by atoms with E-state index < -0.39 is 5.82 Å². The summed E-state index contributed by atoms with van der Waals surface area (Å²) in [6.45, 7) is 1.92. The fraction of sp³-hybridized carbons (Fsp3) is 0.133. The number of nitrogens with one attached hydrogen (secondary N) is 1. The van der Waals surface area contributed by atoms with Gasteiger partial charge < -0.3 is 16.3 Å². The number of nitrogens with two attached hydrogens (primary N) is 1. The van der Waals surface area contributed by atoms with E-state index >= 15 is 0 Å². The van der Waals surface area contributed by atoms with Gasteiger partial charge in [0.2, 0.25) is 0 Å². The van der Waals surface area contributed by atoms with Crippen LogP contribution in [-0.2, 0) is 6.54 Å². The fourth-order valence-electron chi connectivity index (χ4n) is 1.86. The summed E-state index contributed by atoms with van der Waals surface area (Å²) in [7, 11) is 0. The number of aryl methyl sites for hydroxylation is 1. The Morgan fingerprint density at radius 1 is 1.19 bits per heavy atom. The van der Waals surface area contributed by atoms with Crippen LogP contribution >= 0.6 is 0 Å². The van der Waals surface area contributed by atoms with Gasteiger partial charge in [-0.25, -0.2) is 8.78 Å². The molecular weight excluding hydrogens is 276 g/mol. The number of hydrogen-bond acceptors (Lipinski definition) is 3. The number of hydrogen-bond donors (Lipinski definition) is 3. The number of nitrogens with zero attached hydrogens (tertiary/aromatic N) is 1. The third-order valence-electron chi connectivity index (χ3n) is 3.05. The van der Waals surface area contributed by atoms with Gasteiger partial charge in [-0.05, 0) is 30.7 Å². The molecule has 0 radical (unpaired) electrons. The third kappa shape index (κ3) is 3.47. The molecule has 0 heterocycles. The molecule has 0 unspecified atom stereocenters. The van der Waals surface area contributed by atoms with Crippen molar-refractivity contribution in [1.82, 2.24) is 0 Å². The summed E-state index contributed by atoms with van der Waals surface area (Å²) < 4.78 is 27.5. The molecule has 0 aromatic heterocycles. The predicted octanol–water partition coefficient (Wildman–Crippen LogP) is 2.98. The van der Waals surface area contributed by atoms with Crippen molar-refractivity contribution in [2.45, 2.75) is 13.5 Å². The second kappa shape index (κ2) is 6.21. The van der Waals surface area contributed by atoms with Crippen molar-refractivity contribution in [2.75, 3.05) is 5.32 Å². The fourth-order valence-corrected chi connectivity index (χ4v) is 1.86. The summed E-state index contributed by atoms with van der Waals surface area (Å²) in [5, 5.41) is 14.2. The van der Waals surface area contributed by atoms with Crippen molar-refractivity contribution >= 4 is 11.5 Å². The van der Waals surface area contributed by atoms with Crippen LogP contribution in [0, 0.1) is 18.6 Å². The minimum Gasteiger partial charge on any atom is -0.409 e. The zero-order valence-corrected chi connectivity index (χ0v) is 11.4. The highest BCUT2D eigenvalue weighted by Gasteiger charge is 2.08. The van der Waals surface area contributed by atoms with Gasteiger partial charge in [0.05, 0.1) is 5.69 Å². The molecule has 4 nitrogen and oxygen atoms in total. The van der Waals surface area contributed by atoms with Gasteiger partial charge in [0, 0.05) is 17.7 Å². The summed E-state index contributed by atoms with van der Waals surface area (Å²) in [5.74, 6) is -1.07. The highest BCUT2D eigenvalue weighted by atomic mass is 19.1. The van der Waals surface area contributed by atoms with Crippen molar-refractivity contribution in [3.63, 3.8) is 0 Å². The van der Waals surface area contributed by atoms with Crippen LogP contribution in [0.15, 0.2) is 41.6 Å². The Kier molecular flexibility index (Phi) is 4.37. The van der Waals surface area contributed by atoms with Gasteiger partial charge in [0.1, 0.15) is 11.6 Å². The maximum Gasteiger partial charge on any atom is 0.170 e. The summed E-state index contributed by atoms with van der Waals surface area (Å²) in [6, 6.07) is 8.97. The van der Waals surface area contributed by atoms with Crippen LogP contribution in [0.2, 0.25) is 0 Å².